The summed E-state index contributed by atoms with van der Waals surface area (Å²) >= 11 is 5.86. The lowest BCUT2D eigenvalue weighted by Crippen LogP contribution is -2.20. The lowest BCUT2D eigenvalue weighted by molar-refractivity contribution is -0.142. The number of hydrogen-bond donors (Lipinski definition) is 1. The van der Waals surface area contributed by atoms with Gasteiger partial charge in [0.05, 0.1) is 14.2 Å². The molecular weight excluding hydrogens is 358 g/mol. The first-order chi connectivity index (χ1) is 12.5. The average molecular weight is 376 g/mol. The molecule has 0 fully saturated rings. The van der Waals surface area contributed by atoms with Crippen LogP contribution < -0.4 is 14.8 Å². The number of anilines is 1. The Kier molecular flexibility index (Phi) is 7.05. The lowest BCUT2D eigenvalue weighted by atomic mass is 10.2. The topological polar surface area (TPSA) is 73.9 Å². The average Bonchev–Trinajstić information content (AvgIpc) is 2.64. The third-order valence-electron chi connectivity index (χ3n) is 3.27. The second kappa shape index (κ2) is 9.48. The highest BCUT2D eigenvalue weighted by atomic mass is 35.5. The number of benzene rings is 2. The molecule has 0 unspecified atom stereocenters. The molecule has 2 aromatic carbocycles. The normalized spacial score (nSPS) is 10.4. The maximum atomic E-state index is 11.9. The number of halogens is 1. The molecule has 2 aromatic rings. The van der Waals surface area contributed by atoms with E-state index in [1.54, 1.807) is 48.5 Å². The molecule has 0 aromatic heterocycles. The number of rotatable bonds is 7. The fourth-order valence-corrected chi connectivity index (χ4v) is 2.27. The van der Waals surface area contributed by atoms with E-state index in [1.807, 2.05) is 0 Å². The molecule has 2 rings (SSSR count). The summed E-state index contributed by atoms with van der Waals surface area (Å²) in [4.78, 5) is 23.6. The van der Waals surface area contributed by atoms with E-state index in [0.29, 0.717) is 22.2 Å². The second-order valence-corrected chi connectivity index (χ2v) is 5.55. The molecule has 26 heavy (non-hydrogen) atoms. The van der Waals surface area contributed by atoms with Crippen molar-refractivity contribution in [2.24, 2.45) is 0 Å². The van der Waals surface area contributed by atoms with Crippen LogP contribution in [0.1, 0.15) is 5.56 Å². The van der Waals surface area contributed by atoms with Gasteiger partial charge in [0.25, 0.3) is 5.91 Å². The van der Waals surface area contributed by atoms with Crippen molar-refractivity contribution in [2.75, 3.05) is 26.1 Å². The largest absolute Gasteiger partial charge is 0.493 e. The van der Waals surface area contributed by atoms with E-state index in [-0.39, 0.29) is 0 Å². The SMILES string of the molecule is COc1ccc(NC(=O)COC(=O)/C=C/c2cccc(Cl)c2)cc1OC. The highest BCUT2D eigenvalue weighted by Gasteiger charge is 2.09. The molecule has 0 spiro atoms. The van der Waals surface area contributed by atoms with Gasteiger partial charge in [-0.2, -0.15) is 0 Å². The highest BCUT2D eigenvalue weighted by molar-refractivity contribution is 6.30. The highest BCUT2D eigenvalue weighted by Crippen LogP contribution is 2.29. The van der Waals surface area contributed by atoms with Crippen molar-refractivity contribution in [1.29, 1.82) is 0 Å². The van der Waals surface area contributed by atoms with Gasteiger partial charge in [-0.1, -0.05) is 23.7 Å². The summed E-state index contributed by atoms with van der Waals surface area (Å²) in [6.45, 7) is -0.410. The Balaban J connectivity index is 1.85. The number of amides is 1. The number of ether oxygens (including phenoxy) is 3. The fraction of sp³-hybridized carbons (Fsp3) is 0.158. The molecule has 7 heteroatoms. The van der Waals surface area contributed by atoms with Crippen molar-refractivity contribution in [3.63, 3.8) is 0 Å². The van der Waals surface area contributed by atoms with Crippen LogP contribution in [0, 0.1) is 0 Å². The summed E-state index contributed by atoms with van der Waals surface area (Å²) in [6, 6.07) is 11.9. The van der Waals surface area contributed by atoms with Crippen LogP contribution in [-0.4, -0.2) is 32.7 Å². The molecule has 0 aliphatic heterocycles. The molecule has 6 nitrogen and oxygen atoms in total. The van der Waals surface area contributed by atoms with Gasteiger partial charge < -0.3 is 19.5 Å². The molecule has 0 heterocycles. The van der Waals surface area contributed by atoms with Crippen molar-refractivity contribution >= 4 is 35.2 Å². The van der Waals surface area contributed by atoms with E-state index in [4.69, 9.17) is 25.8 Å². The third-order valence-corrected chi connectivity index (χ3v) is 3.51. The molecule has 136 valence electrons. The maximum absolute atomic E-state index is 11.9. The van der Waals surface area contributed by atoms with E-state index in [1.165, 1.54) is 20.3 Å². The van der Waals surface area contributed by atoms with Crippen LogP contribution in [0.25, 0.3) is 6.08 Å². The number of methoxy groups -OCH3 is 2. The second-order valence-electron chi connectivity index (χ2n) is 5.11. The van der Waals surface area contributed by atoms with Crippen molar-refractivity contribution in [3.05, 3.63) is 59.1 Å². The first-order valence-electron chi connectivity index (χ1n) is 7.64. The zero-order valence-electron chi connectivity index (χ0n) is 14.3. The quantitative estimate of drug-likeness (QED) is 0.591. The number of esters is 1. The van der Waals surface area contributed by atoms with Gasteiger partial charge in [0.1, 0.15) is 0 Å². The molecule has 1 N–H and O–H groups in total. The minimum Gasteiger partial charge on any atom is -0.493 e. The Hall–Kier alpha value is -2.99. The number of nitrogens with one attached hydrogen (secondary N) is 1. The van der Waals surface area contributed by atoms with Gasteiger partial charge in [-0.05, 0) is 35.9 Å². The van der Waals surface area contributed by atoms with Crippen LogP contribution in [0.15, 0.2) is 48.5 Å². The van der Waals surface area contributed by atoms with Gasteiger partial charge in [-0.3, -0.25) is 4.79 Å². The monoisotopic (exact) mass is 375 g/mol. The lowest BCUT2D eigenvalue weighted by Gasteiger charge is -2.10. The number of carbonyl (C=O) groups is 2. The van der Waals surface area contributed by atoms with E-state index in [9.17, 15) is 9.59 Å². The van der Waals surface area contributed by atoms with Crippen LogP contribution >= 0.6 is 11.6 Å². The standard InChI is InChI=1S/C19H18ClNO5/c1-24-16-8-7-15(11-17(16)25-2)21-18(22)12-26-19(23)9-6-13-4-3-5-14(20)10-13/h3-11H,12H2,1-2H3,(H,21,22)/b9-6+. The Labute approximate surface area is 156 Å². The van der Waals surface area contributed by atoms with E-state index < -0.39 is 18.5 Å². The van der Waals surface area contributed by atoms with Crippen LogP contribution in [0.5, 0.6) is 11.5 Å². The Morgan fingerprint density at radius 2 is 1.85 bits per heavy atom. The molecule has 0 aliphatic rings. The summed E-state index contributed by atoms with van der Waals surface area (Å²) in [7, 11) is 3.02. The maximum Gasteiger partial charge on any atom is 0.331 e. The Morgan fingerprint density at radius 1 is 1.08 bits per heavy atom. The van der Waals surface area contributed by atoms with Gasteiger partial charge in [-0.25, -0.2) is 4.79 Å². The first kappa shape index (κ1) is 19.3. The van der Waals surface area contributed by atoms with Crippen LogP contribution in [0.2, 0.25) is 5.02 Å². The van der Waals surface area contributed by atoms with E-state index in [2.05, 4.69) is 5.32 Å². The van der Waals surface area contributed by atoms with Gasteiger partial charge in [0.15, 0.2) is 18.1 Å². The zero-order chi connectivity index (χ0) is 18.9. The van der Waals surface area contributed by atoms with E-state index >= 15 is 0 Å². The van der Waals surface area contributed by atoms with Gasteiger partial charge in [0, 0.05) is 22.9 Å². The van der Waals surface area contributed by atoms with Gasteiger partial charge in [0.2, 0.25) is 0 Å². The number of carbonyl (C=O) groups excluding carboxylic acids is 2. The molecule has 0 saturated heterocycles. The minimum absolute atomic E-state index is 0.410. The van der Waals surface area contributed by atoms with Crippen LogP contribution in [0.4, 0.5) is 5.69 Å². The molecule has 0 radical (unpaired) electrons. The Bertz CT molecular complexity index is 819. The van der Waals surface area contributed by atoms with Crippen molar-refractivity contribution < 1.29 is 23.8 Å². The van der Waals surface area contributed by atoms with Gasteiger partial charge in [-0.15, -0.1) is 0 Å². The molecular formula is C19H18ClNO5. The molecule has 1 amide bonds. The predicted octanol–water partition coefficient (Wildman–Crippen LogP) is 3.55. The predicted molar refractivity (Wildman–Crippen MR) is 99.6 cm³/mol. The third kappa shape index (κ3) is 5.82. The first-order valence-corrected chi connectivity index (χ1v) is 8.02. The Morgan fingerprint density at radius 3 is 2.54 bits per heavy atom. The summed E-state index contributed by atoms with van der Waals surface area (Å²) < 4.78 is 15.2. The van der Waals surface area contributed by atoms with Crippen LogP contribution in [0.3, 0.4) is 0 Å². The summed E-state index contributed by atoms with van der Waals surface area (Å²) in [5.74, 6) is -0.0796. The summed E-state index contributed by atoms with van der Waals surface area (Å²) in [5, 5.41) is 3.18. The van der Waals surface area contributed by atoms with Crippen molar-refractivity contribution in [2.45, 2.75) is 0 Å². The zero-order valence-corrected chi connectivity index (χ0v) is 15.1. The minimum atomic E-state index is -0.632. The van der Waals surface area contributed by atoms with Crippen molar-refractivity contribution in [1.82, 2.24) is 0 Å². The molecule has 0 saturated carbocycles. The van der Waals surface area contributed by atoms with E-state index in [0.717, 1.165) is 5.56 Å². The number of hydrogen-bond acceptors (Lipinski definition) is 5. The van der Waals surface area contributed by atoms with Crippen molar-refractivity contribution in [3.8, 4) is 11.5 Å². The smallest absolute Gasteiger partial charge is 0.331 e. The molecule has 0 bridgehead atoms. The fourth-order valence-electron chi connectivity index (χ4n) is 2.07. The summed E-state index contributed by atoms with van der Waals surface area (Å²) in [5.41, 5.74) is 1.25. The van der Waals surface area contributed by atoms with Crippen LogP contribution in [-0.2, 0) is 14.3 Å². The summed E-state index contributed by atoms with van der Waals surface area (Å²) in [6.07, 6.45) is 2.79. The molecule has 0 atom stereocenters. The molecule has 0 aliphatic carbocycles. The van der Waals surface area contributed by atoms with Gasteiger partial charge >= 0.3 is 5.97 Å².